The number of halogens is 5. The van der Waals surface area contributed by atoms with Gasteiger partial charge in [0.15, 0.2) is 0 Å². The predicted octanol–water partition coefficient (Wildman–Crippen LogP) is 3.24. The molecule has 1 aromatic rings. The van der Waals surface area contributed by atoms with Crippen LogP contribution >= 0.6 is 11.6 Å². The second-order valence-electron chi connectivity index (χ2n) is 3.94. The van der Waals surface area contributed by atoms with Gasteiger partial charge in [0.05, 0.1) is 10.7 Å². The molecule has 0 aromatic heterocycles. The van der Waals surface area contributed by atoms with Crippen molar-refractivity contribution in [3.63, 3.8) is 0 Å². The van der Waals surface area contributed by atoms with E-state index in [1.54, 1.807) is 24.3 Å². The normalized spacial score (nSPS) is 11.6. The summed E-state index contributed by atoms with van der Waals surface area (Å²) < 4.78 is 49.4. The molecule has 3 nitrogen and oxygen atoms in total. The lowest BCUT2D eigenvalue weighted by Gasteiger charge is -2.17. The Kier molecular flexibility index (Phi) is 4.62. The molecule has 0 aliphatic carbocycles. The predicted molar refractivity (Wildman–Crippen MR) is 65.4 cm³/mol. The second-order valence-corrected chi connectivity index (χ2v) is 4.35. The summed E-state index contributed by atoms with van der Waals surface area (Å²) in [4.78, 5) is 12.7. The van der Waals surface area contributed by atoms with E-state index in [0.717, 1.165) is 0 Å². The highest BCUT2D eigenvalue weighted by Gasteiger charge is 2.48. The topological polar surface area (TPSA) is 32.3 Å². The van der Waals surface area contributed by atoms with Crippen LogP contribution in [0.15, 0.2) is 18.2 Å². The summed E-state index contributed by atoms with van der Waals surface area (Å²) in [5.41, 5.74) is 0.515. The highest BCUT2D eigenvalue weighted by molar-refractivity contribution is 6.33. The molecular weight excluding hydrogens is 288 g/mol. The van der Waals surface area contributed by atoms with E-state index in [9.17, 15) is 22.4 Å². The maximum atomic E-state index is 12.7. The SMILES string of the molecule is CN(C)c1ccc(NC(=O)C(F)(F)C(F)F)cc1Cl. The van der Waals surface area contributed by atoms with Gasteiger partial charge < -0.3 is 10.2 Å². The first-order chi connectivity index (χ1) is 8.66. The number of hydrogen-bond acceptors (Lipinski definition) is 2. The Morgan fingerprint density at radius 3 is 2.37 bits per heavy atom. The Hall–Kier alpha value is -1.50. The van der Waals surface area contributed by atoms with E-state index in [4.69, 9.17) is 11.6 Å². The number of amides is 1. The molecule has 0 fully saturated rings. The van der Waals surface area contributed by atoms with Gasteiger partial charge in [-0.2, -0.15) is 8.78 Å². The Balaban J connectivity index is 2.90. The molecule has 0 heterocycles. The molecular formula is C11H11ClF4N2O. The van der Waals surface area contributed by atoms with Crippen LogP contribution in [-0.2, 0) is 4.79 Å². The van der Waals surface area contributed by atoms with Crippen LogP contribution in [0, 0.1) is 0 Å². The molecule has 0 unspecified atom stereocenters. The van der Waals surface area contributed by atoms with Gasteiger partial charge in [0.2, 0.25) is 0 Å². The van der Waals surface area contributed by atoms with Crippen LogP contribution in [-0.4, -0.2) is 32.4 Å². The smallest absolute Gasteiger partial charge is 0.376 e. The second kappa shape index (κ2) is 5.64. The number of anilines is 2. The molecule has 1 rings (SSSR count). The highest BCUT2D eigenvalue weighted by atomic mass is 35.5. The van der Waals surface area contributed by atoms with E-state index in [1.807, 2.05) is 0 Å². The molecule has 0 saturated carbocycles. The third-order valence-corrected chi connectivity index (χ3v) is 2.57. The van der Waals surface area contributed by atoms with Crippen molar-refractivity contribution < 1.29 is 22.4 Å². The van der Waals surface area contributed by atoms with Gasteiger partial charge in [-0.3, -0.25) is 4.79 Å². The van der Waals surface area contributed by atoms with Crippen molar-refractivity contribution in [3.8, 4) is 0 Å². The molecule has 0 aliphatic heterocycles. The average molecular weight is 299 g/mol. The van der Waals surface area contributed by atoms with Gasteiger partial charge in [0.25, 0.3) is 0 Å². The van der Waals surface area contributed by atoms with Gasteiger partial charge in [-0.15, -0.1) is 0 Å². The fraction of sp³-hybridized carbons (Fsp3) is 0.364. The number of benzene rings is 1. The zero-order valence-electron chi connectivity index (χ0n) is 10.1. The quantitative estimate of drug-likeness (QED) is 0.866. The summed E-state index contributed by atoms with van der Waals surface area (Å²) in [5, 5.41) is 1.90. The van der Waals surface area contributed by atoms with E-state index < -0.39 is 18.3 Å². The van der Waals surface area contributed by atoms with Crippen molar-refractivity contribution in [1.82, 2.24) is 0 Å². The number of hydrogen-bond donors (Lipinski definition) is 1. The van der Waals surface area contributed by atoms with E-state index >= 15 is 0 Å². The maximum absolute atomic E-state index is 12.7. The van der Waals surface area contributed by atoms with Crippen LogP contribution in [0.4, 0.5) is 28.9 Å². The van der Waals surface area contributed by atoms with Crippen LogP contribution in [0.1, 0.15) is 0 Å². The van der Waals surface area contributed by atoms with Crippen molar-refractivity contribution in [2.75, 3.05) is 24.3 Å². The van der Waals surface area contributed by atoms with Crippen LogP contribution in [0.25, 0.3) is 0 Å². The van der Waals surface area contributed by atoms with Gasteiger partial charge in [-0.05, 0) is 18.2 Å². The zero-order valence-corrected chi connectivity index (χ0v) is 10.8. The Morgan fingerprint density at radius 2 is 1.95 bits per heavy atom. The van der Waals surface area contributed by atoms with E-state index in [-0.39, 0.29) is 10.7 Å². The number of nitrogens with one attached hydrogen (secondary N) is 1. The van der Waals surface area contributed by atoms with Gasteiger partial charge in [-0.1, -0.05) is 11.6 Å². The van der Waals surface area contributed by atoms with Crippen molar-refractivity contribution in [3.05, 3.63) is 23.2 Å². The highest BCUT2D eigenvalue weighted by Crippen LogP contribution is 2.29. The molecule has 8 heteroatoms. The maximum Gasteiger partial charge on any atom is 0.383 e. The number of carbonyl (C=O) groups excluding carboxylic acids is 1. The summed E-state index contributed by atoms with van der Waals surface area (Å²) in [7, 11) is 3.43. The van der Waals surface area contributed by atoms with Crippen molar-refractivity contribution in [1.29, 1.82) is 0 Å². The molecule has 106 valence electrons. The number of rotatable bonds is 4. The molecule has 0 atom stereocenters. The van der Waals surface area contributed by atoms with E-state index in [0.29, 0.717) is 5.69 Å². The fourth-order valence-electron chi connectivity index (χ4n) is 1.26. The molecule has 0 aliphatic rings. The summed E-state index contributed by atoms with van der Waals surface area (Å²) in [5.74, 6) is -6.82. The lowest BCUT2D eigenvalue weighted by atomic mass is 10.2. The Labute approximate surface area is 112 Å². The molecule has 0 radical (unpaired) electrons. The first kappa shape index (κ1) is 15.6. The van der Waals surface area contributed by atoms with Crippen LogP contribution in [0.2, 0.25) is 5.02 Å². The van der Waals surface area contributed by atoms with Crippen LogP contribution in [0.5, 0.6) is 0 Å². The minimum atomic E-state index is -4.74. The molecule has 0 saturated heterocycles. The molecule has 1 amide bonds. The number of alkyl halides is 4. The number of nitrogens with zero attached hydrogens (tertiary/aromatic N) is 1. The largest absolute Gasteiger partial charge is 0.383 e. The molecule has 0 spiro atoms. The minimum Gasteiger partial charge on any atom is -0.376 e. The monoisotopic (exact) mass is 298 g/mol. The van der Waals surface area contributed by atoms with Crippen molar-refractivity contribution in [2.24, 2.45) is 0 Å². The lowest BCUT2D eigenvalue weighted by molar-refractivity contribution is -0.163. The Morgan fingerprint density at radius 1 is 1.37 bits per heavy atom. The third-order valence-electron chi connectivity index (χ3n) is 2.26. The molecule has 0 bridgehead atoms. The van der Waals surface area contributed by atoms with Crippen molar-refractivity contribution >= 4 is 28.9 Å². The first-order valence-corrected chi connectivity index (χ1v) is 5.48. The molecule has 1 N–H and O–H groups in total. The van der Waals surface area contributed by atoms with Crippen molar-refractivity contribution in [2.45, 2.75) is 12.3 Å². The third kappa shape index (κ3) is 3.50. The summed E-state index contributed by atoms with van der Waals surface area (Å²) in [6.45, 7) is 0. The zero-order chi connectivity index (χ0) is 14.8. The van der Waals surface area contributed by atoms with Gasteiger partial charge >= 0.3 is 18.3 Å². The van der Waals surface area contributed by atoms with Crippen LogP contribution in [0.3, 0.4) is 0 Å². The fourth-order valence-corrected chi connectivity index (χ4v) is 1.61. The van der Waals surface area contributed by atoms with Gasteiger partial charge in [-0.25, -0.2) is 8.78 Å². The standard InChI is InChI=1S/C11H11ClF4N2O/c1-18(2)8-4-3-6(5-7(8)12)17-10(19)11(15,16)9(13)14/h3-5,9H,1-2H3,(H,17,19). The van der Waals surface area contributed by atoms with E-state index in [2.05, 4.69) is 0 Å². The molecule has 1 aromatic carbocycles. The lowest BCUT2D eigenvalue weighted by Crippen LogP contribution is -2.40. The van der Waals surface area contributed by atoms with E-state index in [1.165, 1.54) is 18.2 Å². The van der Waals surface area contributed by atoms with Gasteiger partial charge in [0.1, 0.15) is 0 Å². The van der Waals surface area contributed by atoms with Gasteiger partial charge in [0, 0.05) is 19.8 Å². The summed E-state index contributed by atoms with van der Waals surface area (Å²) >= 11 is 5.86. The average Bonchev–Trinajstić information content (AvgIpc) is 2.28. The van der Waals surface area contributed by atoms with Crippen LogP contribution < -0.4 is 10.2 Å². The molecule has 19 heavy (non-hydrogen) atoms. The Bertz CT molecular complexity index is 480. The summed E-state index contributed by atoms with van der Waals surface area (Å²) in [6, 6.07) is 3.97. The summed E-state index contributed by atoms with van der Waals surface area (Å²) in [6.07, 6.45) is -4.07. The first-order valence-electron chi connectivity index (χ1n) is 5.10. The number of carbonyl (C=O) groups is 1. The minimum absolute atomic E-state index is 0.0825.